The highest BCUT2D eigenvalue weighted by atomic mass is 32.1. The average molecular weight is 393 g/mol. The minimum Gasteiger partial charge on any atom is -0.487 e. The van der Waals surface area contributed by atoms with E-state index in [0.717, 1.165) is 0 Å². The third-order valence-electron chi connectivity index (χ3n) is 0. The number of hydrogen-bond acceptors (Lipinski definition) is 4. The molecule has 0 aromatic heterocycles. The van der Waals surface area contributed by atoms with E-state index in [1.807, 2.05) is 13.8 Å². The molecule has 0 unspecified atom stereocenters. The molecule has 0 saturated carbocycles. The van der Waals surface area contributed by atoms with Crippen molar-refractivity contribution in [3.8, 4) is 0 Å². The van der Waals surface area contributed by atoms with E-state index in [-0.39, 0.29) is 0 Å². The van der Waals surface area contributed by atoms with Crippen molar-refractivity contribution < 1.29 is 20.4 Å². The van der Waals surface area contributed by atoms with E-state index in [4.69, 9.17) is 20.4 Å². The quantitative estimate of drug-likeness (QED) is 0.220. The molecule has 12 N–H and O–H groups in total. The molecule has 0 fully saturated rings. The van der Waals surface area contributed by atoms with Crippen LogP contribution in [0.4, 0.5) is 0 Å². The minimum absolute atomic E-state index is 0.500. The van der Waals surface area contributed by atoms with Crippen molar-refractivity contribution in [3.05, 3.63) is 25.3 Å². The number of aliphatic hydroxyl groups is 4. The fourth-order valence-electron chi connectivity index (χ4n) is 0. The first-order valence-electron chi connectivity index (χ1n) is 4.84. The summed E-state index contributed by atoms with van der Waals surface area (Å²) in [7, 11) is 0. The van der Waals surface area contributed by atoms with Gasteiger partial charge in [-0.3, -0.25) is 0 Å². The van der Waals surface area contributed by atoms with Gasteiger partial charge in [0.15, 0.2) is 0 Å². The molecule has 0 radical (unpaired) electrons. The Kier molecular flexibility index (Phi) is 71.8. The van der Waals surface area contributed by atoms with Crippen molar-refractivity contribution in [1.29, 1.82) is 0 Å². The Balaban J connectivity index is -0.0000000351. The average Bonchev–Trinajstić information content (AvgIpc) is 2.13. The molecule has 0 aromatic rings. The van der Waals surface area contributed by atoms with E-state index in [9.17, 15) is 0 Å². The highest BCUT2D eigenvalue weighted by Crippen LogP contribution is 1.41. The van der Waals surface area contributed by atoms with Crippen molar-refractivity contribution in [2.75, 3.05) is 0 Å². The number of rotatable bonds is 0. The van der Waals surface area contributed by atoms with Crippen LogP contribution in [-0.2, 0) is 0 Å². The molecule has 12 heteroatoms. The van der Waals surface area contributed by atoms with Crippen molar-refractivity contribution in [2.24, 2.45) is 22.9 Å². The third kappa shape index (κ3) is 1750. The first kappa shape index (κ1) is 36.9. The van der Waals surface area contributed by atoms with Gasteiger partial charge in [-0.2, -0.15) is 0 Å². The SMILES string of the molecule is C=CC.C=CC.NC(O)=S.NC(O)=S.NC(O)=S.NC(O)=S. The molecule has 0 aromatic carbocycles. The Morgan fingerprint density at radius 3 is 0.636 bits per heavy atom. The summed E-state index contributed by atoms with van der Waals surface area (Å²) in [5.41, 5.74) is 17.6. The fraction of sp³-hybridized carbons (Fsp3) is 0.200. The molecule has 0 bridgehead atoms. The van der Waals surface area contributed by atoms with Gasteiger partial charge in [-0.05, 0) is 62.7 Å². The van der Waals surface area contributed by atoms with Crippen LogP contribution in [0.15, 0.2) is 25.3 Å². The number of aliphatic hydroxyl groups excluding tert-OH is 4. The van der Waals surface area contributed by atoms with Gasteiger partial charge in [0.1, 0.15) is 0 Å². The minimum atomic E-state index is -0.500. The highest BCUT2D eigenvalue weighted by Gasteiger charge is 1.58. The van der Waals surface area contributed by atoms with E-state index in [2.05, 4.69) is 85.0 Å². The Bertz CT molecular complexity index is 245. The molecule has 132 valence electrons. The molecule has 0 aliphatic rings. The molecule has 22 heavy (non-hydrogen) atoms. The summed E-state index contributed by atoms with van der Waals surface area (Å²) in [6, 6.07) is 0. The second-order valence-electron chi connectivity index (χ2n) is 2.17. The number of thiocarbonyl (C=S) groups is 4. The van der Waals surface area contributed by atoms with Crippen molar-refractivity contribution in [1.82, 2.24) is 0 Å². The molecule has 0 aliphatic carbocycles. The molecule has 0 rings (SSSR count). The third-order valence-corrected chi connectivity index (χ3v) is 0. The van der Waals surface area contributed by atoms with Crippen LogP contribution in [0.25, 0.3) is 0 Å². The smallest absolute Gasteiger partial charge is 0.251 e. The fourth-order valence-corrected chi connectivity index (χ4v) is 0. The monoisotopic (exact) mass is 392 g/mol. The van der Waals surface area contributed by atoms with Gasteiger partial charge < -0.3 is 43.4 Å². The molecular formula is C10H24N4O4S4. The zero-order valence-electron chi connectivity index (χ0n) is 12.3. The largest absolute Gasteiger partial charge is 0.487 e. The lowest BCUT2D eigenvalue weighted by Gasteiger charge is -1.67. The van der Waals surface area contributed by atoms with Gasteiger partial charge in [0.2, 0.25) is 0 Å². The number of hydrogen-bond donors (Lipinski definition) is 8. The molecule has 0 spiro atoms. The van der Waals surface area contributed by atoms with Gasteiger partial charge in [0.25, 0.3) is 20.7 Å². The summed E-state index contributed by atoms with van der Waals surface area (Å²) in [5.74, 6) is 0. The molecular weight excluding hydrogens is 368 g/mol. The normalized spacial score (nSPS) is 5.55. The maximum Gasteiger partial charge on any atom is 0.251 e. The van der Waals surface area contributed by atoms with Gasteiger partial charge in [0, 0.05) is 0 Å². The Labute approximate surface area is 152 Å². The maximum absolute atomic E-state index is 7.56. The van der Waals surface area contributed by atoms with Crippen LogP contribution in [0, 0.1) is 0 Å². The van der Waals surface area contributed by atoms with E-state index in [1.54, 1.807) is 12.2 Å². The molecule has 0 amide bonds. The van der Waals surface area contributed by atoms with Gasteiger partial charge in [-0.15, -0.1) is 13.2 Å². The van der Waals surface area contributed by atoms with Crippen molar-refractivity contribution in [2.45, 2.75) is 13.8 Å². The summed E-state index contributed by atoms with van der Waals surface area (Å²) in [6.07, 6.45) is 3.50. The van der Waals surface area contributed by atoms with Gasteiger partial charge in [0.05, 0.1) is 0 Å². The van der Waals surface area contributed by atoms with Crippen LogP contribution in [0.5, 0.6) is 0 Å². The first-order valence-corrected chi connectivity index (χ1v) is 6.47. The molecule has 0 aliphatic heterocycles. The van der Waals surface area contributed by atoms with Crippen LogP contribution in [0.3, 0.4) is 0 Å². The molecule has 0 saturated heterocycles. The van der Waals surface area contributed by atoms with Crippen molar-refractivity contribution >= 4 is 69.6 Å². The van der Waals surface area contributed by atoms with Crippen LogP contribution in [0.2, 0.25) is 0 Å². The first-order chi connectivity index (χ1) is 9.76. The summed E-state index contributed by atoms with van der Waals surface area (Å²) in [5, 5.41) is 28.3. The predicted octanol–water partition coefficient (Wildman–Crippen LogP) is 1.54. The summed E-state index contributed by atoms with van der Waals surface area (Å²) in [6.45, 7) is 10.5. The Hall–Kier alpha value is -1.76. The van der Waals surface area contributed by atoms with Crippen LogP contribution < -0.4 is 22.9 Å². The second-order valence-corrected chi connectivity index (χ2v) is 3.84. The van der Waals surface area contributed by atoms with Gasteiger partial charge in [-0.1, -0.05) is 12.2 Å². The lowest BCUT2D eigenvalue weighted by atomic mass is 10.8. The van der Waals surface area contributed by atoms with E-state index >= 15 is 0 Å². The van der Waals surface area contributed by atoms with Crippen LogP contribution in [0.1, 0.15) is 13.8 Å². The Morgan fingerprint density at radius 2 is 0.636 bits per heavy atom. The zero-order chi connectivity index (χ0) is 19.7. The molecule has 0 atom stereocenters. The van der Waals surface area contributed by atoms with Crippen molar-refractivity contribution in [3.63, 3.8) is 0 Å². The number of nitrogens with two attached hydrogens (primary N) is 4. The summed E-state index contributed by atoms with van der Waals surface area (Å²) < 4.78 is 0. The van der Waals surface area contributed by atoms with E-state index < -0.39 is 20.7 Å². The van der Waals surface area contributed by atoms with E-state index in [0.29, 0.717) is 0 Å². The summed E-state index contributed by atoms with van der Waals surface area (Å²) >= 11 is 15.5. The molecule has 8 nitrogen and oxygen atoms in total. The lowest BCUT2D eigenvalue weighted by Crippen LogP contribution is -2.03. The standard InChI is InChI=1S/2C3H6.4CH3NOS/c2*1-3-2;4*2-1(3)4/h2*3H,1H2,2H3;4*(H3,2,3,4). The summed E-state index contributed by atoms with van der Waals surface area (Å²) in [4.78, 5) is 0. The van der Waals surface area contributed by atoms with Crippen LogP contribution in [-0.4, -0.2) is 41.1 Å². The second kappa shape index (κ2) is 42.7. The lowest BCUT2D eigenvalue weighted by molar-refractivity contribution is 0.559. The van der Waals surface area contributed by atoms with Gasteiger partial charge in [-0.25, -0.2) is 0 Å². The maximum atomic E-state index is 7.56. The topological polar surface area (TPSA) is 185 Å². The Morgan fingerprint density at radius 1 is 0.636 bits per heavy atom. The predicted molar refractivity (Wildman–Crippen MR) is 109 cm³/mol. The van der Waals surface area contributed by atoms with E-state index in [1.165, 1.54) is 0 Å². The van der Waals surface area contributed by atoms with Gasteiger partial charge >= 0.3 is 0 Å². The zero-order valence-corrected chi connectivity index (χ0v) is 15.6. The highest BCUT2D eigenvalue weighted by molar-refractivity contribution is 7.80. The van der Waals surface area contributed by atoms with Crippen LogP contribution >= 0.6 is 48.9 Å². The number of allylic oxidation sites excluding steroid dienone is 2. The molecule has 0 heterocycles.